The van der Waals surface area contributed by atoms with Gasteiger partial charge in [0, 0.05) is 11.3 Å². The van der Waals surface area contributed by atoms with Gasteiger partial charge in [-0.1, -0.05) is 0 Å². The van der Waals surface area contributed by atoms with E-state index in [1.54, 1.807) is 4.68 Å². The van der Waals surface area contributed by atoms with Gasteiger partial charge in [0.05, 0.1) is 19.3 Å². The zero-order valence-electron chi connectivity index (χ0n) is 10.6. The van der Waals surface area contributed by atoms with Crippen LogP contribution in [-0.4, -0.2) is 32.9 Å². The van der Waals surface area contributed by atoms with Crippen molar-refractivity contribution in [2.24, 2.45) is 0 Å². The van der Waals surface area contributed by atoms with Gasteiger partial charge in [-0.15, -0.1) is 5.10 Å². The van der Waals surface area contributed by atoms with E-state index in [0.717, 1.165) is 17.1 Å². The highest BCUT2D eigenvalue weighted by atomic mass is 16.5. The normalized spacial score (nSPS) is 11.1. The summed E-state index contributed by atoms with van der Waals surface area (Å²) >= 11 is 0. The third-order valence-electron chi connectivity index (χ3n) is 2.46. The van der Waals surface area contributed by atoms with Crippen molar-refractivity contribution in [3.63, 3.8) is 0 Å². The summed E-state index contributed by atoms with van der Waals surface area (Å²) in [7, 11) is 0. The number of hydrogen-bond donors (Lipinski definition) is 1. The Hall–Kier alpha value is -1.95. The summed E-state index contributed by atoms with van der Waals surface area (Å²) in [5.41, 5.74) is 7.32. The summed E-state index contributed by atoms with van der Waals surface area (Å²) < 4.78 is 7.22. The van der Waals surface area contributed by atoms with Crippen LogP contribution >= 0.6 is 0 Å². The number of nitrogen functional groups attached to an aromatic ring is 1. The van der Waals surface area contributed by atoms with E-state index in [-0.39, 0.29) is 6.10 Å². The lowest BCUT2D eigenvalue weighted by atomic mass is 10.2. The van der Waals surface area contributed by atoms with Crippen LogP contribution in [0.15, 0.2) is 24.3 Å². The SMILES string of the molecule is CC(C)OCCn1nnnc1-c1ccc(N)cc1. The first-order valence-electron chi connectivity index (χ1n) is 5.90. The maximum atomic E-state index is 5.65. The van der Waals surface area contributed by atoms with Gasteiger partial charge >= 0.3 is 0 Å². The number of hydrogen-bond acceptors (Lipinski definition) is 5. The summed E-state index contributed by atoms with van der Waals surface area (Å²) in [4.78, 5) is 0. The fraction of sp³-hybridized carbons (Fsp3) is 0.417. The molecule has 0 saturated carbocycles. The zero-order chi connectivity index (χ0) is 13.0. The molecule has 1 aromatic carbocycles. The lowest BCUT2D eigenvalue weighted by Crippen LogP contribution is -2.12. The van der Waals surface area contributed by atoms with E-state index in [1.165, 1.54) is 0 Å². The molecule has 0 fully saturated rings. The van der Waals surface area contributed by atoms with Crippen LogP contribution in [0.25, 0.3) is 11.4 Å². The Labute approximate surface area is 106 Å². The van der Waals surface area contributed by atoms with E-state index in [0.29, 0.717) is 13.2 Å². The van der Waals surface area contributed by atoms with E-state index < -0.39 is 0 Å². The number of ether oxygens (including phenoxy) is 1. The minimum Gasteiger partial charge on any atom is -0.399 e. The monoisotopic (exact) mass is 247 g/mol. The van der Waals surface area contributed by atoms with Crippen LogP contribution < -0.4 is 5.73 Å². The number of rotatable bonds is 5. The van der Waals surface area contributed by atoms with E-state index in [4.69, 9.17) is 10.5 Å². The third-order valence-corrected chi connectivity index (χ3v) is 2.46. The molecular formula is C12H17N5O. The predicted molar refractivity (Wildman–Crippen MR) is 68.8 cm³/mol. The number of aromatic nitrogens is 4. The topological polar surface area (TPSA) is 78.8 Å². The minimum absolute atomic E-state index is 0.210. The molecule has 2 N–H and O–H groups in total. The molecule has 1 heterocycles. The number of nitrogens with zero attached hydrogens (tertiary/aromatic N) is 4. The Morgan fingerprint density at radius 2 is 2.00 bits per heavy atom. The first-order valence-corrected chi connectivity index (χ1v) is 5.90. The molecule has 18 heavy (non-hydrogen) atoms. The van der Waals surface area contributed by atoms with Crippen molar-refractivity contribution in [1.82, 2.24) is 20.2 Å². The molecule has 0 atom stereocenters. The van der Waals surface area contributed by atoms with Crippen LogP contribution in [0, 0.1) is 0 Å². The zero-order valence-corrected chi connectivity index (χ0v) is 10.6. The van der Waals surface area contributed by atoms with Gasteiger partial charge in [0.2, 0.25) is 0 Å². The second kappa shape index (κ2) is 5.59. The van der Waals surface area contributed by atoms with Crippen molar-refractivity contribution in [2.45, 2.75) is 26.5 Å². The molecule has 0 radical (unpaired) electrons. The molecule has 96 valence electrons. The molecule has 0 aliphatic carbocycles. The predicted octanol–water partition coefficient (Wildman–Crippen LogP) is 1.35. The molecule has 2 rings (SSSR count). The molecule has 6 heteroatoms. The van der Waals surface area contributed by atoms with Crippen molar-refractivity contribution >= 4 is 5.69 Å². The van der Waals surface area contributed by atoms with E-state index in [1.807, 2.05) is 38.1 Å². The fourth-order valence-corrected chi connectivity index (χ4v) is 1.57. The summed E-state index contributed by atoms with van der Waals surface area (Å²) in [5.74, 6) is 0.724. The van der Waals surface area contributed by atoms with Crippen LogP contribution in [-0.2, 0) is 11.3 Å². The average molecular weight is 247 g/mol. The van der Waals surface area contributed by atoms with Crippen molar-refractivity contribution in [3.8, 4) is 11.4 Å². The molecular weight excluding hydrogens is 230 g/mol. The summed E-state index contributed by atoms with van der Waals surface area (Å²) in [5, 5.41) is 11.7. The van der Waals surface area contributed by atoms with Crippen molar-refractivity contribution in [2.75, 3.05) is 12.3 Å². The summed E-state index contributed by atoms with van der Waals surface area (Å²) in [6, 6.07) is 7.47. The van der Waals surface area contributed by atoms with E-state index in [2.05, 4.69) is 15.5 Å². The highest BCUT2D eigenvalue weighted by Crippen LogP contribution is 2.17. The van der Waals surface area contributed by atoms with Crippen LogP contribution in [0.5, 0.6) is 0 Å². The number of benzene rings is 1. The highest BCUT2D eigenvalue weighted by molar-refractivity contribution is 5.58. The highest BCUT2D eigenvalue weighted by Gasteiger charge is 2.08. The molecule has 0 unspecified atom stereocenters. The average Bonchev–Trinajstić information content (AvgIpc) is 2.78. The van der Waals surface area contributed by atoms with E-state index in [9.17, 15) is 0 Å². The standard InChI is InChI=1S/C12H17N5O/c1-9(2)18-8-7-17-12(14-15-16-17)10-3-5-11(13)6-4-10/h3-6,9H,7-8,13H2,1-2H3. The minimum atomic E-state index is 0.210. The molecule has 6 nitrogen and oxygen atoms in total. The van der Waals surface area contributed by atoms with Gasteiger partial charge in [-0.2, -0.15) is 0 Å². The van der Waals surface area contributed by atoms with Crippen LogP contribution in [0.4, 0.5) is 5.69 Å². The van der Waals surface area contributed by atoms with Gasteiger partial charge in [0.15, 0.2) is 5.82 Å². The maximum Gasteiger partial charge on any atom is 0.182 e. The molecule has 0 bridgehead atoms. The Bertz CT molecular complexity index is 491. The number of nitrogens with two attached hydrogens (primary N) is 1. The van der Waals surface area contributed by atoms with Gasteiger partial charge in [-0.05, 0) is 48.5 Å². The quantitative estimate of drug-likeness (QED) is 0.807. The van der Waals surface area contributed by atoms with Gasteiger partial charge in [-0.25, -0.2) is 4.68 Å². The third kappa shape index (κ3) is 3.04. The van der Waals surface area contributed by atoms with Crippen LogP contribution in [0.3, 0.4) is 0 Å². The number of tetrazole rings is 1. The summed E-state index contributed by atoms with van der Waals surface area (Å²) in [6.07, 6.45) is 0.210. The molecule has 1 aromatic heterocycles. The van der Waals surface area contributed by atoms with E-state index >= 15 is 0 Å². The Morgan fingerprint density at radius 1 is 1.28 bits per heavy atom. The van der Waals surface area contributed by atoms with Crippen molar-refractivity contribution in [1.29, 1.82) is 0 Å². The fourth-order valence-electron chi connectivity index (χ4n) is 1.57. The molecule has 0 aliphatic heterocycles. The molecule has 0 saturated heterocycles. The smallest absolute Gasteiger partial charge is 0.182 e. The lowest BCUT2D eigenvalue weighted by Gasteiger charge is -2.08. The second-order valence-electron chi connectivity index (χ2n) is 4.27. The molecule has 0 amide bonds. The number of anilines is 1. The first-order chi connectivity index (χ1) is 8.66. The van der Waals surface area contributed by atoms with Crippen molar-refractivity contribution in [3.05, 3.63) is 24.3 Å². The van der Waals surface area contributed by atoms with Crippen molar-refractivity contribution < 1.29 is 4.74 Å². The summed E-state index contributed by atoms with van der Waals surface area (Å²) in [6.45, 7) is 5.22. The van der Waals surface area contributed by atoms with Crippen LogP contribution in [0.1, 0.15) is 13.8 Å². The Morgan fingerprint density at radius 3 is 2.67 bits per heavy atom. The second-order valence-corrected chi connectivity index (χ2v) is 4.27. The van der Waals surface area contributed by atoms with Gasteiger partial charge in [0.25, 0.3) is 0 Å². The van der Waals surface area contributed by atoms with Gasteiger partial charge < -0.3 is 10.5 Å². The maximum absolute atomic E-state index is 5.65. The molecule has 0 spiro atoms. The van der Waals surface area contributed by atoms with Crippen LogP contribution in [0.2, 0.25) is 0 Å². The first kappa shape index (κ1) is 12.5. The van der Waals surface area contributed by atoms with Gasteiger partial charge in [0.1, 0.15) is 0 Å². The Kier molecular flexibility index (Phi) is 3.88. The lowest BCUT2D eigenvalue weighted by molar-refractivity contribution is 0.0709. The molecule has 2 aromatic rings. The molecule has 0 aliphatic rings. The van der Waals surface area contributed by atoms with Gasteiger partial charge in [-0.3, -0.25) is 0 Å². The Balaban J connectivity index is 2.10. The largest absolute Gasteiger partial charge is 0.399 e.